The number of carbonyl (C=O) groups excluding carboxylic acids is 1. The first-order valence-electron chi connectivity index (χ1n) is 7.41. The van der Waals surface area contributed by atoms with Crippen molar-refractivity contribution in [3.63, 3.8) is 0 Å². The van der Waals surface area contributed by atoms with Gasteiger partial charge in [0.2, 0.25) is 0 Å². The molecule has 0 fully saturated rings. The third-order valence-corrected chi connectivity index (χ3v) is 4.55. The van der Waals surface area contributed by atoms with E-state index in [4.69, 9.17) is 9.15 Å². The highest BCUT2D eigenvalue weighted by Gasteiger charge is 2.13. The molecule has 23 heavy (non-hydrogen) atoms. The van der Waals surface area contributed by atoms with Gasteiger partial charge in [-0.05, 0) is 43.2 Å². The maximum Gasteiger partial charge on any atom is 0.286 e. The highest BCUT2D eigenvalue weighted by molar-refractivity contribution is 7.84. The molecule has 0 spiro atoms. The standard InChI is InChI=1S/C17H21NO4S/c1-13-5-3-6-15(11-13)23(20)12-14-7-8-16(22-14)17(19)18-9-4-10-21-2/h3,5-8,11H,4,9-10,12H2,1-2H3,(H,18,19)/t23-/m0/s1. The van der Waals surface area contributed by atoms with Gasteiger partial charge in [-0.3, -0.25) is 9.00 Å². The van der Waals surface area contributed by atoms with E-state index in [9.17, 15) is 9.00 Å². The topological polar surface area (TPSA) is 68.5 Å². The number of benzene rings is 1. The smallest absolute Gasteiger partial charge is 0.286 e. The molecule has 0 bridgehead atoms. The Kier molecular flexibility index (Phi) is 6.55. The van der Waals surface area contributed by atoms with Crippen molar-refractivity contribution >= 4 is 16.7 Å². The van der Waals surface area contributed by atoms with E-state index in [1.807, 2.05) is 31.2 Å². The van der Waals surface area contributed by atoms with Crippen molar-refractivity contribution < 1.29 is 18.2 Å². The average Bonchev–Trinajstić information content (AvgIpc) is 3.00. The average molecular weight is 335 g/mol. The van der Waals surface area contributed by atoms with E-state index in [0.29, 0.717) is 18.9 Å². The summed E-state index contributed by atoms with van der Waals surface area (Å²) in [5, 5.41) is 2.75. The highest BCUT2D eigenvalue weighted by Crippen LogP contribution is 2.16. The van der Waals surface area contributed by atoms with Crippen LogP contribution in [-0.2, 0) is 21.3 Å². The quantitative estimate of drug-likeness (QED) is 0.753. The van der Waals surface area contributed by atoms with Gasteiger partial charge in [0.25, 0.3) is 5.91 Å². The molecule has 0 saturated heterocycles. The molecule has 2 rings (SSSR count). The molecule has 1 amide bonds. The minimum absolute atomic E-state index is 0.235. The zero-order valence-electron chi connectivity index (χ0n) is 13.3. The summed E-state index contributed by atoms with van der Waals surface area (Å²) in [6.07, 6.45) is 0.743. The van der Waals surface area contributed by atoms with E-state index in [1.165, 1.54) is 0 Å². The zero-order chi connectivity index (χ0) is 16.7. The van der Waals surface area contributed by atoms with Gasteiger partial charge >= 0.3 is 0 Å². The fourth-order valence-electron chi connectivity index (χ4n) is 2.05. The first-order valence-corrected chi connectivity index (χ1v) is 8.73. The number of aryl methyl sites for hydroxylation is 1. The molecule has 2 aromatic rings. The molecule has 1 heterocycles. The lowest BCUT2D eigenvalue weighted by molar-refractivity contribution is 0.0919. The zero-order valence-corrected chi connectivity index (χ0v) is 14.2. The Morgan fingerprint density at radius 3 is 2.87 bits per heavy atom. The Balaban J connectivity index is 1.91. The Morgan fingerprint density at radius 1 is 1.30 bits per heavy atom. The summed E-state index contributed by atoms with van der Waals surface area (Å²) < 4.78 is 22.7. The van der Waals surface area contributed by atoms with Crippen LogP contribution in [0.2, 0.25) is 0 Å². The molecule has 0 aliphatic carbocycles. The van der Waals surface area contributed by atoms with Gasteiger partial charge in [0, 0.05) is 25.2 Å². The number of hydrogen-bond donors (Lipinski definition) is 1. The van der Waals surface area contributed by atoms with Gasteiger partial charge in [0.15, 0.2) is 5.76 Å². The fourth-order valence-corrected chi connectivity index (χ4v) is 3.18. The maximum absolute atomic E-state index is 12.3. The number of rotatable bonds is 8. The van der Waals surface area contributed by atoms with Crippen LogP contribution in [0, 0.1) is 6.92 Å². The summed E-state index contributed by atoms with van der Waals surface area (Å²) in [7, 11) is 0.425. The second kappa shape index (κ2) is 8.64. The number of furan rings is 1. The normalized spacial score (nSPS) is 12.1. The summed E-state index contributed by atoms with van der Waals surface area (Å²) in [4.78, 5) is 12.7. The van der Waals surface area contributed by atoms with E-state index in [1.54, 1.807) is 19.2 Å². The Morgan fingerprint density at radius 2 is 2.13 bits per heavy atom. The lowest BCUT2D eigenvalue weighted by atomic mass is 10.2. The highest BCUT2D eigenvalue weighted by atomic mass is 32.2. The van der Waals surface area contributed by atoms with Gasteiger partial charge in [0.1, 0.15) is 5.76 Å². The molecule has 6 heteroatoms. The van der Waals surface area contributed by atoms with Gasteiger partial charge < -0.3 is 14.5 Å². The molecule has 0 unspecified atom stereocenters. The third kappa shape index (κ3) is 5.33. The number of methoxy groups -OCH3 is 1. The summed E-state index contributed by atoms with van der Waals surface area (Å²) >= 11 is 0. The number of nitrogens with one attached hydrogen (secondary N) is 1. The van der Waals surface area contributed by atoms with Crippen molar-refractivity contribution in [3.8, 4) is 0 Å². The first-order chi connectivity index (χ1) is 11.1. The van der Waals surface area contributed by atoms with Crippen molar-refractivity contribution in [2.24, 2.45) is 0 Å². The van der Waals surface area contributed by atoms with Crippen LogP contribution in [0.4, 0.5) is 0 Å². The van der Waals surface area contributed by atoms with Gasteiger partial charge in [-0.2, -0.15) is 0 Å². The second-order valence-corrected chi connectivity index (χ2v) is 6.63. The molecule has 1 aromatic carbocycles. The number of hydrogen-bond acceptors (Lipinski definition) is 4. The minimum Gasteiger partial charge on any atom is -0.455 e. The van der Waals surface area contributed by atoms with Gasteiger partial charge in [-0.15, -0.1) is 0 Å². The number of amides is 1. The van der Waals surface area contributed by atoms with Crippen LogP contribution in [0.25, 0.3) is 0 Å². The van der Waals surface area contributed by atoms with Gasteiger partial charge in [-0.25, -0.2) is 0 Å². The van der Waals surface area contributed by atoms with Gasteiger partial charge in [0.05, 0.1) is 16.6 Å². The Labute approximate surface area is 138 Å². The molecule has 0 radical (unpaired) electrons. The molecule has 1 aromatic heterocycles. The summed E-state index contributed by atoms with van der Waals surface area (Å²) in [5.41, 5.74) is 1.06. The van der Waals surface area contributed by atoms with Crippen LogP contribution in [0.15, 0.2) is 45.7 Å². The van der Waals surface area contributed by atoms with Crippen molar-refractivity contribution in [2.75, 3.05) is 20.3 Å². The molecule has 0 aliphatic heterocycles. The van der Waals surface area contributed by atoms with Crippen LogP contribution in [0.1, 0.15) is 28.3 Å². The second-order valence-electron chi connectivity index (χ2n) is 5.17. The van der Waals surface area contributed by atoms with Crippen LogP contribution < -0.4 is 5.32 Å². The molecule has 1 N–H and O–H groups in total. The van der Waals surface area contributed by atoms with Gasteiger partial charge in [-0.1, -0.05) is 12.1 Å². The monoisotopic (exact) mass is 335 g/mol. The van der Waals surface area contributed by atoms with Crippen molar-refractivity contribution in [2.45, 2.75) is 24.0 Å². The largest absolute Gasteiger partial charge is 0.455 e. The number of ether oxygens (including phenoxy) is 1. The Hall–Kier alpha value is -1.92. The lowest BCUT2D eigenvalue weighted by Crippen LogP contribution is -2.24. The first kappa shape index (κ1) is 17.4. The van der Waals surface area contributed by atoms with E-state index in [2.05, 4.69) is 5.32 Å². The maximum atomic E-state index is 12.3. The van der Waals surface area contributed by atoms with Crippen molar-refractivity contribution in [3.05, 3.63) is 53.5 Å². The summed E-state index contributed by atoms with van der Waals surface area (Å²) in [6.45, 7) is 3.08. The van der Waals surface area contributed by atoms with E-state index in [0.717, 1.165) is 16.9 Å². The van der Waals surface area contributed by atoms with Crippen molar-refractivity contribution in [1.29, 1.82) is 0 Å². The van der Waals surface area contributed by atoms with Crippen molar-refractivity contribution in [1.82, 2.24) is 5.32 Å². The summed E-state index contributed by atoms with van der Waals surface area (Å²) in [5.74, 6) is 0.750. The predicted octanol–water partition coefficient (Wildman–Crippen LogP) is 2.66. The van der Waals surface area contributed by atoms with Crippen LogP contribution in [0.5, 0.6) is 0 Å². The number of carbonyl (C=O) groups is 1. The van der Waals surface area contributed by atoms with Crippen LogP contribution in [0.3, 0.4) is 0 Å². The molecule has 1 atom stereocenters. The minimum atomic E-state index is -1.19. The van der Waals surface area contributed by atoms with E-state index in [-0.39, 0.29) is 17.4 Å². The molecule has 0 aliphatic rings. The van der Waals surface area contributed by atoms with E-state index < -0.39 is 10.8 Å². The predicted molar refractivity (Wildman–Crippen MR) is 88.8 cm³/mol. The lowest BCUT2D eigenvalue weighted by Gasteiger charge is -2.03. The molecule has 0 saturated carbocycles. The third-order valence-electron chi connectivity index (χ3n) is 3.22. The molecular formula is C17H21NO4S. The fraction of sp³-hybridized carbons (Fsp3) is 0.353. The SMILES string of the molecule is COCCCNC(=O)c1ccc(C[S@](=O)c2cccc(C)c2)o1. The molecule has 124 valence electrons. The van der Waals surface area contributed by atoms with E-state index >= 15 is 0 Å². The molecular weight excluding hydrogens is 314 g/mol. The Bertz CT molecular complexity index is 681. The van der Waals surface area contributed by atoms with Crippen LogP contribution in [-0.4, -0.2) is 30.4 Å². The summed E-state index contributed by atoms with van der Waals surface area (Å²) in [6, 6.07) is 10.9. The van der Waals surface area contributed by atoms with Crippen LogP contribution >= 0.6 is 0 Å². The molecule has 5 nitrogen and oxygen atoms in total.